The standard InChI is InChI=1S/C12H13BrN2/c1-7(2)8-3-4-9-5-10(13)12(14)15-11(9)6-8/h3-7H,1-2H3,(H2,14,15). The maximum atomic E-state index is 5.75. The molecule has 0 amide bonds. The summed E-state index contributed by atoms with van der Waals surface area (Å²) in [6.45, 7) is 4.34. The molecule has 0 radical (unpaired) electrons. The van der Waals surface area contributed by atoms with E-state index in [0.717, 1.165) is 15.4 Å². The van der Waals surface area contributed by atoms with Crippen LogP contribution in [0.25, 0.3) is 10.9 Å². The Balaban J connectivity index is 2.66. The van der Waals surface area contributed by atoms with E-state index in [9.17, 15) is 0 Å². The fourth-order valence-electron chi connectivity index (χ4n) is 1.53. The van der Waals surface area contributed by atoms with E-state index in [4.69, 9.17) is 5.73 Å². The first-order chi connectivity index (χ1) is 7.08. The highest BCUT2D eigenvalue weighted by molar-refractivity contribution is 9.10. The van der Waals surface area contributed by atoms with E-state index < -0.39 is 0 Å². The molecule has 1 aromatic carbocycles. The molecule has 2 rings (SSSR count). The fourth-order valence-corrected chi connectivity index (χ4v) is 1.87. The molecule has 2 aromatic rings. The first-order valence-electron chi connectivity index (χ1n) is 4.93. The van der Waals surface area contributed by atoms with Crippen molar-refractivity contribution in [3.63, 3.8) is 0 Å². The van der Waals surface area contributed by atoms with Crippen molar-refractivity contribution >= 4 is 32.7 Å². The number of nitrogens with two attached hydrogens (primary N) is 1. The fraction of sp³-hybridized carbons (Fsp3) is 0.250. The Bertz CT molecular complexity index is 506. The van der Waals surface area contributed by atoms with Crippen LogP contribution >= 0.6 is 15.9 Å². The predicted molar refractivity (Wildman–Crippen MR) is 67.9 cm³/mol. The summed E-state index contributed by atoms with van der Waals surface area (Å²) in [7, 11) is 0. The van der Waals surface area contributed by atoms with E-state index in [0.29, 0.717) is 11.7 Å². The molecule has 0 bridgehead atoms. The molecule has 0 fully saturated rings. The Kier molecular flexibility index (Phi) is 2.65. The summed E-state index contributed by atoms with van der Waals surface area (Å²) < 4.78 is 0.854. The number of hydrogen-bond acceptors (Lipinski definition) is 2. The molecule has 1 aromatic heterocycles. The first-order valence-corrected chi connectivity index (χ1v) is 5.73. The number of pyridine rings is 1. The van der Waals surface area contributed by atoms with Crippen LogP contribution in [0, 0.1) is 0 Å². The van der Waals surface area contributed by atoms with Gasteiger partial charge in [-0.3, -0.25) is 0 Å². The van der Waals surface area contributed by atoms with Gasteiger partial charge < -0.3 is 5.73 Å². The second kappa shape index (κ2) is 3.81. The molecule has 0 saturated carbocycles. The van der Waals surface area contributed by atoms with Gasteiger partial charge in [-0.2, -0.15) is 0 Å². The maximum absolute atomic E-state index is 5.75. The topological polar surface area (TPSA) is 38.9 Å². The van der Waals surface area contributed by atoms with Gasteiger partial charge in [0.15, 0.2) is 0 Å². The highest BCUT2D eigenvalue weighted by Gasteiger charge is 2.04. The first kappa shape index (κ1) is 10.4. The van der Waals surface area contributed by atoms with Gasteiger partial charge in [0.05, 0.1) is 9.99 Å². The lowest BCUT2D eigenvalue weighted by Crippen LogP contribution is -1.93. The minimum absolute atomic E-state index is 0.515. The Hall–Kier alpha value is -1.09. The van der Waals surface area contributed by atoms with E-state index in [1.54, 1.807) is 0 Å². The summed E-state index contributed by atoms with van der Waals surface area (Å²) in [5.74, 6) is 1.06. The van der Waals surface area contributed by atoms with Gasteiger partial charge in [-0.05, 0) is 39.5 Å². The monoisotopic (exact) mass is 264 g/mol. The lowest BCUT2D eigenvalue weighted by atomic mass is 10.0. The van der Waals surface area contributed by atoms with Gasteiger partial charge in [0.2, 0.25) is 0 Å². The van der Waals surface area contributed by atoms with Crippen LogP contribution in [0.2, 0.25) is 0 Å². The number of anilines is 1. The van der Waals surface area contributed by atoms with Gasteiger partial charge in [-0.25, -0.2) is 4.98 Å². The largest absolute Gasteiger partial charge is 0.383 e. The van der Waals surface area contributed by atoms with Crippen LogP contribution in [-0.4, -0.2) is 4.98 Å². The van der Waals surface area contributed by atoms with Crippen LogP contribution < -0.4 is 5.73 Å². The Labute approximate surface area is 97.6 Å². The average Bonchev–Trinajstić information content (AvgIpc) is 2.19. The predicted octanol–water partition coefficient (Wildman–Crippen LogP) is 3.70. The third-order valence-electron chi connectivity index (χ3n) is 2.49. The number of benzene rings is 1. The molecule has 0 saturated heterocycles. The number of fused-ring (bicyclic) bond motifs is 1. The number of aromatic nitrogens is 1. The van der Waals surface area contributed by atoms with Crippen LogP contribution in [0.15, 0.2) is 28.7 Å². The normalized spacial score (nSPS) is 11.2. The SMILES string of the molecule is CC(C)c1ccc2cc(Br)c(N)nc2c1. The summed E-state index contributed by atoms with van der Waals surface area (Å²) in [5.41, 5.74) is 8.00. The van der Waals surface area contributed by atoms with Gasteiger partial charge in [0.25, 0.3) is 0 Å². The van der Waals surface area contributed by atoms with E-state index in [-0.39, 0.29) is 0 Å². The molecule has 0 aliphatic carbocycles. The van der Waals surface area contributed by atoms with Crippen LogP contribution in [0.1, 0.15) is 25.3 Å². The van der Waals surface area contributed by atoms with Crippen molar-refractivity contribution in [2.75, 3.05) is 5.73 Å². The van der Waals surface area contributed by atoms with E-state index in [1.165, 1.54) is 5.56 Å². The summed E-state index contributed by atoms with van der Waals surface area (Å²) in [6, 6.07) is 8.32. The lowest BCUT2D eigenvalue weighted by Gasteiger charge is -2.07. The van der Waals surface area contributed by atoms with Gasteiger partial charge in [-0.15, -0.1) is 0 Å². The molecule has 0 spiro atoms. The van der Waals surface area contributed by atoms with Crippen molar-refractivity contribution in [2.45, 2.75) is 19.8 Å². The van der Waals surface area contributed by atoms with Gasteiger partial charge >= 0.3 is 0 Å². The quantitative estimate of drug-likeness (QED) is 0.853. The third kappa shape index (κ3) is 1.97. The number of rotatable bonds is 1. The molecule has 2 N–H and O–H groups in total. The third-order valence-corrected chi connectivity index (χ3v) is 3.12. The van der Waals surface area contributed by atoms with Crippen molar-refractivity contribution in [1.29, 1.82) is 0 Å². The van der Waals surface area contributed by atoms with Crippen molar-refractivity contribution in [1.82, 2.24) is 4.98 Å². The van der Waals surface area contributed by atoms with E-state index in [1.807, 2.05) is 6.07 Å². The van der Waals surface area contributed by atoms with Gasteiger partial charge in [0, 0.05) is 5.39 Å². The zero-order valence-electron chi connectivity index (χ0n) is 8.79. The molecule has 0 aliphatic heterocycles. The molecule has 3 heteroatoms. The van der Waals surface area contributed by atoms with Gasteiger partial charge in [-0.1, -0.05) is 26.0 Å². The van der Waals surface area contributed by atoms with Crippen molar-refractivity contribution < 1.29 is 0 Å². The highest BCUT2D eigenvalue weighted by atomic mass is 79.9. The highest BCUT2D eigenvalue weighted by Crippen LogP contribution is 2.25. The molecule has 0 unspecified atom stereocenters. The van der Waals surface area contributed by atoms with Crippen LogP contribution in [0.4, 0.5) is 5.82 Å². The van der Waals surface area contributed by atoms with Crippen LogP contribution in [0.3, 0.4) is 0 Å². The lowest BCUT2D eigenvalue weighted by molar-refractivity contribution is 0.868. The van der Waals surface area contributed by atoms with Crippen LogP contribution in [-0.2, 0) is 0 Å². The molecule has 0 aliphatic rings. The average molecular weight is 265 g/mol. The summed E-state index contributed by atoms with van der Waals surface area (Å²) in [5, 5.41) is 1.11. The van der Waals surface area contributed by atoms with Gasteiger partial charge in [0.1, 0.15) is 5.82 Å². The van der Waals surface area contributed by atoms with Crippen molar-refractivity contribution in [3.8, 4) is 0 Å². The van der Waals surface area contributed by atoms with E-state index >= 15 is 0 Å². The second-order valence-corrected chi connectivity index (χ2v) is 4.82. The molecule has 0 atom stereocenters. The summed E-state index contributed by atoms with van der Waals surface area (Å²) in [6.07, 6.45) is 0. The summed E-state index contributed by atoms with van der Waals surface area (Å²) >= 11 is 3.38. The van der Waals surface area contributed by atoms with E-state index in [2.05, 4.69) is 53.0 Å². The molecule has 2 nitrogen and oxygen atoms in total. The second-order valence-electron chi connectivity index (χ2n) is 3.96. The number of hydrogen-bond donors (Lipinski definition) is 1. The minimum atomic E-state index is 0.515. The summed E-state index contributed by atoms with van der Waals surface area (Å²) in [4.78, 5) is 4.35. The number of halogens is 1. The maximum Gasteiger partial charge on any atom is 0.138 e. The van der Waals surface area contributed by atoms with Crippen molar-refractivity contribution in [2.24, 2.45) is 0 Å². The molecular formula is C12H13BrN2. The Morgan fingerprint density at radius 1 is 1.27 bits per heavy atom. The van der Waals surface area contributed by atoms with Crippen LogP contribution in [0.5, 0.6) is 0 Å². The number of nitrogens with zero attached hydrogens (tertiary/aromatic N) is 1. The van der Waals surface area contributed by atoms with Crippen molar-refractivity contribution in [3.05, 3.63) is 34.3 Å². The molecule has 1 heterocycles. The molecule has 78 valence electrons. The smallest absolute Gasteiger partial charge is 0.138 e. The zero-order chi connectivity index (χ0) is 11.0. The number of nitrogen functional groups attached to an aromatic ring is 1. The Morgan fingerprint density at radius 2 is 2.00 bits per heavy atom. The molecular weight excluding hydrogens is 252 g/mol. The Morgan fingerprint density at radius 3 is 2.67 bits per heavy atom. The molecule has 15 heavy (non-hydrogen) atoms. The zero-order valence-corrected chi connectivity index (χ0v) is 10.4. The minimum Gasteiger partial charge on any atom is -0.383 e.